The van der Waals surface area contributed by atoms with E-state index in [-0.39, 0.29) is 0 Å². The van der Waals surface area contributed by atoms with Crippen molar-refractivity contribution in [3.63, 3.8) is 0 Å². The first kappa shape index (κ1) is 13.4. The molecule has 0 fully saturated rings. The number of aromatic nitrogens is 1. The Morgan fingerprint density at radius 2 is 2.11 bits per heavy atom. The lowest BCUT2D eigenvalue weighted by Crippen LogP contribution is -2.13. The standard InChI is InChI=1S/C14H15N3OS/c1-19-13-6-4-11(5-7-13)10-18-17-14(15)12-3-2-8-16-9-12/h2-9H,10H2,1H3,(H2,15,17). The number of amidine groups is 1. The fourth-order valence-corrected chi connectivity index (χ4v) is 1.87. The molecule has 5 heteroatoms. The lowest BCUT2D eigenvalue weighted by atomic mass is 10.2. The van der Waals surface area contributed by atoms with Crippen LogP contribution in [-0.2, 0) is 11.4 Å². The molecule has 0 unspecified atom stereocenters. The lowest BCUT2D eigenvalue weighted by molar-refractivity contribution is 0.130. The van der Waals surface area contributed by atoms with Crippen molar-refractivity contribution in [2.24, 2.45) is 10.9 Å². The number of pyridine rings is 1. The normalized spacial score (nSPS) is 11.3. The van der Waals surface area contributed by atoms with Crippen LogP contribution in [0.5, 0.6) is 0 Å². The van der Waals surface area contributed by atoms with Crippen LogP contribution in [0.4, 0.5) is 0 Å². The number of rotatable bonds is 5. The predicted octanol–water partition coefficient (Wildman–Crippen LogP) is 2.64. The minimum atomic E-state index is 0.328. The van der Waals surface area contributed by atoms with Gasteiger partial charge in [-0.2, -0.15) is 0 Å². The Hall–Kier alpha value is -2.01. The summed E-state index contributed by atoms with van der Waals surface area (Å²) in [4.78, 5) is 10.4. The van der Waals surface area contributed by atoms with Crippen LogP contribution in [-0.4, -0.2) is 17.1 Å². The van der Waals surface area contributed by atoms with E-state index in [1.165, 1.54) is 4.90 Å². The highest BCUT2D eigenvalue weighted by molar-refractivity contribution is 7.98. The number of nitrogens with two attached hydrogens (primary N) is 1. The molecule has 2 N–H and O–H groups in total. The summed E-state index contributed by atoms with van der Waals surface area (Å²) < 4.78 is 0. The third kappa shape index (κ3) is 3.99. The molecule has 1 heterocycles. The molecule has 0 saturated carbocycles. The number of nitrogens with zero attached hydrogens (tertiary/aromatic N) is 2. The Labute approximate surface area is 116 Å². The molecule has 0 aliphatic heterocycles. The molecule has 2 rings (SSSR count). The van der Waals surface area contributed by atoms with Gasteiger partial charge in [0.2, 0.25) is 0 Å². The van der Waals surface area contributed by atoms with Crippen LogP contribution in [0.15, 0.2) is 58.8 Å². The topological polar surface area (TPSA) is 60.5 Å². The third-order valence-corrected chi connectivity index (χ3v) is 3.25. The van der Waals surface area contributed by atoms with E-state index in [0.717, 1.165) is 11.1 Å². The van der Waals surface area contributed by atoms with Gasteiger partial charge in [-0.05, 0) is 36.1 Å². The van der Waals surface area contributed by atoms with Gasteiger partial charge in [0.1, 0.15) is 6.61 Å². The first-order valence-electron chi connectivity index (χ1n) is 5.78. The Balaban J connectivity index is 1.92. The van der Waals surface area contributed by atoms with Crippen molar-refractivity contribution < 1.29 is 4.84 Å². The van der Waals surface area contributed by atoms with E-state index in [1.807, 2.05) is 24.5 Å². The van der Waals surface area contributed by atoms with Crippen LogP contribution < -0.4 is 5.73 Å². The average molecular weight is 273 g/mol. The van der Waals surface area contributed by atoms with Gasteiger partial charge in [-0.25, -0.2) is 0 Å². The van der Waals surface area contributed by atoms with Crippen LogP contribution in [0.2, 0.25) is 0 Å². The van der Waals surface area contributed by atoms with Gasteiger partial charge < -0.3 is 10.6 Å². The summed E-state index contributed by atoms with van der Waals surface area (Å²) in [5.74, 6) is 0.328. The Morgan fingerprint density at radius 1 is 1.32 bits per heavy atom. The largest absolute Gasteiger partial charge is 0.389 e. The molecule has 0 saturated heterocycles. The molecule has 98 valence electrons. The maximum absolute atomic E-state index is 5.79. The third-order valence-electron chi connectivity index (χ3n) is 2.51. The molecule has 0 spiro atoms. The van der Waals surface area contributed by atoms with Crippen molar-refractivity contribution in [1.29, 1.82) is 0 Å². The maximum Gasteiger partial charge on any atom is 0.171 e. The van der Waals surface area contributed by atoms with E-state index in [2.05, 4.69) is 22.3 Å². The smallest absolute Gasteiger partial charge is 0.171 e. The van der Waals surface area contributed by atoms with Crippen molar-refractivity contribution in [2.75, 3.05) is 6.26 Å². The van der Waals surface area contributed by atoms with E-state index >= 15 is 0 Å². The highest BCUT2D eigenvalue weighted by Crippen LogP contribution is 2.15. The quantitative estimate of drug-likeness (QED) is 0.394. The van der Waals surface area contributed by atoms with Crippen LogP contribution >= 0.6 is 11.8 Å². The fourth-order valence-electron chi connectivity index (χ4n) is 1.47. The molecule has 0 bridgehead atoms. The van der Waals surface area contributed by atoms with Gasteiger partial charge in [0.15, 0.2) is 5.84 Å². The summed E-state index contributed by atoms with van der Waals surface area (Å²) in [5, 5.41) is 3.88. The number of hydrogen-bond donors (Lipinski definition) is 1. The van der Waals surface area contributed by atoms with Gasteiger partial charge in [-0.15, -0.1) is 11.8 Å². The van der Waals surface area contributed by atoms with Crippen LogP contribution in [0, 0.1) is 0 Å². The molecule has 2 aromatic rings. The molecule has 0 amide bonds. The summed E-state index contributed by atoms with van der Waals surface area (Å²) in [6, 6.07) is 11.8. The number of oxime groups is 1. The second-order valence-corrected chi connectivity index (χ2v) is 4.72. The van der Waals surface area contributed by atoms with Gasteiger partial charge in [0.25, 0.3) is 0 Å². The van der Waals surface area contributed by atoms with Crippen molar-refractivity contribution in [3.8, 4) is 0 Å². The summed E-state index contributed by atoms with van der Waals surface area (Å²) in [5.41, 5.74) is 7.59. The minimum absolute atomic E-state index is 0.328. The molecule has 0 aliphatic rings. The molecular weight excluding hydrogens is 258 g/mol. The van der Waals surface area contributed by atoms with Gasteiger partial charge in [0, 0.05) is 22.9 Å². The van der Waals surface area contributed by atoms with Gasteiger partial charge in [0.05, 0.1) is 0 Å². The van der Waals surface area contributed by atoms with E-state index in [9.17, 15) is 0 Å². The van der Waals surface area contributed by atoms with Crippen LogP contribution in [0.3, 0.4) is 0 Å². The summed E-state index contributed by atoms with van der Waals surface area (Å²) >= 11 is 1.71. The van der Waals surface area contributed by atoms with Gasteiger partial charge >= 0.3 is 0 Å². The first-order chi connectivity index (χ1) is 9.29. The minimum Gasteiger partial charge on any atom is -0.389 e. The molecule has 1 aromatic carbocycles. The lowest BCUT2D eigenvalue weighted by Gasteiger charge is -2.03. The second kappa shape index (κ2) is 6.80. The Bertz CT molecular complexity index is 540. The van der Waals surface area contributed by atoms with E-state index < -0.39 is 0 Å². The second-order valence-electron chi connectivity index (χ2n) is 3.84. The fraction of sp³-hybridized carbons (Fsp3) is 0.143. The predicted molar refractivity (Wildman–Crippen MR) is 78.0 cm³/mol. The van der Waals surface area contributed by atoms with Gasteiger partial charge in [-0.3, -0.25) is 4.98 Å². The zero-order valence-electron chi connectivity index (χ0n) is 10.6. The number of hydrogen-bond acceptors (Lipinski definition) is 4. The summed E-state index contributed by atoms with van der Waals surface area (Å²) in [6.45, 7) is 0.398. The average Bonchev–Trinajstić information content (AvgIpc) is 2.49. The summed E-state index contributed by atoms with van der Waals surface area (Å²) in [7, 11) is 0. The monoisotopic (exact) mass is 273 g/mol. The number of benzene rings is 1. The van der Waals surface area contributed by atoms with E-state index in [0.29, 0.717) is 12.4 Å². The molecular formula is C14H15N3OS. The van der Waals surface area contributed by atoms with Crippen LogP contribution in [0.25, 0.3) is 0 Å². The highest BCUT2D eigenvalue weighted by atomic mass is 32.2. The van der Waals surface area contributed by atoms with Gasteiger partial charge in [-0.1, -0.05) is 17.3 Å². The Morgan fingerprint density at radius 3 is 2.74 bits per heavy atom. The zero-order chi connectivity index (χ0) is 13.5. The van der Waals surface area contributed by atoms with Crippen molar-refractivity contribution in [2.45, 2.75) is 11.5 Å². The van der Waals surface area contributed by atoms with Crippen molar-refractivity contribution in [1.82, 2.24) is 4.98 Å². The molecule has 0 atom stereocenters. The van der Waals surface area contributed by atoms with Crippen LogP contribution in [0.1, 0.15) is 11.1 Å². The van der Waals surface area contributed by atoms with Crippen molar-refractivity contribution in [3.05, 3.63) is 59.9 Å². The Kier molecular flexibility index (Phi) is 4.80. The number of thioether (sulfide) groups is 1. The molecule has 1 aromatic heterocycles. The SMILES string of the molecule is CSc1ccc(CO/N=C(\N)c2cccnc2)cc1. The van der Waals surface area contributed by atoms with E-state index in [4.69, 9.17) is 10.6 Å². The molecule has 4 nitrogen and oxygen atoms in total. The maximum atomic E-state index is 5.79. The highest BCUT2D eigenvalue weighted by Gasteiger charge is 1.98. The van der Waals surface area contributed by atoms with E-state index in [1.54, 1.807) is 30.2 Å². The summed E-state index contributed by atoms with van der Waals surface area (Å²) in [6.07, 6.45) is 5.38. The van der Waals surface area contributed by atoms with Crippen molar-refractivity contribution >= 4 is 17.6 Å². The molecule has 0 radical (unpaired) electrons. The first-order valence-corrected chi connectivity index (χ1v) is 7.01. The molecule has 0 aliphatic carbocycles. The molecule has 19 heavy (non-hydrogen) atoms. The zero-order valence-corrected chi connectivity index (χ0v) is 11.4.